The smallest absolute Gasteiger partial charge is 0.144 e. The molecule has 7 heteroatoms. The van der Waals surface area contributed by atoms with Crippen LogP contribution in [0.3, 0.4) is 0 Å². The van der Waals surface area contributed by atoms with Gasteiger partial charge in [-0.3, -0.25) is 0 Å². The molecule has 21 heavy (non-hydrogen) atoms. The Kier molecular flexibility index (Phi) is 4.19. The molecule has 1 N–H and O–H groups in total. The van der Waals surface area contributed by atoms with Gasteiger partial charge in [-0.05, 0) is 40.2 Å². The van der Waals surface area contributed by atoms with E-state index in [1.165, 1.54) is 0 Å². The molecule has 2 aromatic carbocycles. The minimum absolute atomic E-state index is 0.476. The maximum absolute atomic E-state index is 6.03. The second-order valence-corrected chi connectivity index (χ2v) is 6.92. The Morgan fingerprint density at radius 3 is 2.52 bits per heavy atom. The van der Waals surface area contributed by atoms with Crippen molar-refractivity contribution in [3.63, 3.8) is 0 Å². The highest BCUT2D eigenvalue weighted by atomic mass is 79.9. The largest absolute Gasteiger partial charge is 0.495 e. The predicted molar refractivity (Wildman–Crippen MR) is 93.5 cm³/mol. The van der Waals surface area contributed by atoms with Crippen LogP contribution in [0.4, 0.5) is 0 Å². The molecule has 0 saturated heterocycles. The molecule has 0 radical (unpaired) electrons. The van der Waals surface area contributed by atoms with E-state index in [-0.39, 0.29) is 0 Å². The van der Waals surface area contributed by atoms with Crippen LogP contribution in [0, 0.1) is 0 Å². The minimum Gasteiger partial charge on any atom is -0.495 e. The van der Waals surface area contributed by atoms with Gasteiger partial charge in [0.25, 0.3) is 0 Å². The van der Waals surface area contributed by atoms with E-state index < -0.39 is 0 Å². The van der Waals surface area contributed by atoms with E-state index in [2.05, 4.69) is 41.8 Å². The lowest BCUT2D eigenvalue weighted by Crippen LogP contribution is -1.91. The second kappa shape index (κ2) is 5.80. The molecule has 1 heterocycles. The summed E-state index contributed by atoms with van der Waals surface area (Å²) in [5.41, 5.74) is 2.40. The van der Waals surface area contributed by atoms with E-state index in [0.29, 0.717) is 21.6 Å². The summed E-state index contributed by atoms with van der Waals surface area (Å²) < 4.78 is 7.21. The number of hydrogen-bond acceptors (Lipinski definition) is 2. The molecule has 0 atom stereocenters. The first kappa shape index (κ1) is 15.2. The summed E-state index contributed by atoms with van der Waals surface area (Å²) in [6, 6.07) is 7.34. The van der Waals surface area contributed by atoms with Crippen molar-refractivity contribution in [3.05, 3.63) is 43.3 Å². The molecule has 1 aromatic heterocycles. The van der Waals surface area contributed by atoms with Gasteiger partial charge in [-0.25, -0.2) is 4.98 Å². The topological polar surface area (TPSA) is 37.9 Å². The van der Waals surface area contributed by atoms with Crippen LogP contribution in [0.2, 0.25) is 10.0 Å². The highest BCUT2D eigenvalue weighted by Crippen LogP contribution is 2.39. The third-order valence-electron chi connectivity index (χ3n) is 2.99. The standard InChI is InChI=1S/C14H8Br2Cl2N2O/c1-21-13-7(2-6(15)3-8(13)16)14-19-11-4-9(17)10(18)5-12(11)20-14/h2-5H,1H3,(H,19,20). The molecule has 3 rings (SSSR count). The first-order valence-corrected chi connectivity index (χ1v) is 8.22. The van der Waals surface area contributed by atoms with Crippen molar-refractivity contribution in [2.24, 2.45) is 0 Å². The van der Waals surface area contributed by atoms with Crippen molar-refractivity contribution in [2.75, 3.05) is 7.11 Å². The van der Waals surface area contributed by atoms with E-state index in [1.54, 1.807) is 19.2 Å². The number of nitrogens with one attached hydrogen (secondary N) is 1. The average molecular weight is 451 g/mol. The highest BCUT2D eigenvalue weighted by molar-refractivity contribution is 9.11. The molecule has 0 aliphatic rings. The molecule has 0 bridgehead atoms. The average Bonchev–Trinajstić information content (AvgIpc) is 2.81. The molecule has 0 aliphatic carbocycles. The van der Waals surface area contributed by atoms with E-state index in [1.807, 2.05) is 12.1 Å². The van der Waals surface area contributed by atoms with Crippen LogP contribution in [0.5, 0.6) is 5.75 Å². The summed E-state index contributed by atoms with van der Waals surface area (Å²) in [6.45, 7) is 0. The fourth-order valence-electron chi connectivity index (χ4n) is 2.08. The molecule has 0 aliphatic heterocycles. The van der Waals surface area contributed by atoms with E-state index in [9.17, 15) is 0 Å². The van der Waals surface area contributed by atoms with Crippen molar-refractivity contribution < 1.29 is 4.74 Å². The molecule has 108 valence electrons. The van der Waals surface area contributed by atoms with Gasteiger partial charge in [-0.2, -0.15) is 0 Å². The van der Waals surface area contributed by atoms with Gasteiger partial charge in [0.15, 0.2) is 0 Å². The van der Waals surface area contributed by atoms with Crippen molar-refractivity contribution in [3.8, 4) is 17.1 Å². The zero-order valence-electron chi connectivity index (χ0n) is 10.7. The molecular weight excluding hydrogens is 443 g/mol. The van der Waals surface area contributed by atoms with Crippen LogP contribution < -0.4 is 4.74 Å². The van der Waals surface area contributed by atoms with Crippen molar-refractivity contribution in [2.45, 2.75) is 0 Å². The van der Waals surface area contributed by atoms with Gasteiger partial charge in [-0.1, -0.05) is 39.1 Å². The number of ether oxygens (including phenoxy) is 1. The van der Waals surface area contributed by atoms with Crippen LogP contribution in [0.15, 0.2) is 33.2 Å². The Hall–Kier alpha value is -0.750. The molecule has 0 spiro atoms. The monoisotopic (exact) mass is 448 g/mol. The number of nitrogens with zero attached hydrogens (tertiary/aromatic N) is 1. The number of methoxy groups -OCH3 is 1. The van der Waals surface area contributed by atoms with Crippen LogP contribution in [-0.2, 0) is 0 Å². The number of rotatable bonds is 2. The van der Waals surface area contributed by atoms with Gasteiger partial charge >= 0.3 is 0 Å². The summed E-state index contributed by atoms with van der Waals surface area (Å²) >= 11 is 19.0. The lowest BCUT2D eigenvalue weighted by atomic mass is 10.2. The van der Waals surface area contributed by atoms with Gasteiger partial charge in [0, 0.05) is 4.47 Å². The fourth-order valence-corrected chi connectivity index (χ4v) is 3.78. The van der Waals surface area contributed by atoms with E-state index in [0.717, 1.165) is 25.5 Å². The fraction of sp³-hybridized carbons (Fsp3) is 0.0714. The third-order valence-corrected chi connectivity index (χ3v) is 4.76. The number of aromatic nitrogens is 2. The molecule has 0 unspecified atom stereocenters. The number of halogens is 4. The van der Waals surface area contributed by atoms with Crippen LogP contribution in [0.1, 0.15) is 0 Å². The second-order valence-electron chi connectivity index (χ2n) is 4.34. The molecule has 0 saturated carbocycles. The van der Waals surface area contributed by atoms with Crippen molar-refractivity contribution in [1.82, 2.24) is 9.97 Å². The summed E-state index contributed by atoms with van der Waals surface area (Å²) in [7, 11) is 1.62. The first-order chi connectivity index (χ1) is 9.99. The lowest BCUT2D eigenvalue weighted by Gasteiger charge is -2.09. The molecule has 0 amide bonds. The Bertz CT molecular complexity index is 810. The van der Waals surface area contributed by atoms with Crippen LogP contribution in [0.25, 0.3) is 22.4 Å². The number of fused-ring (bicyclic) bond motifs is 1. The molecule has 3 aromatic rings. The quantitative estimate of drug-likeness (QED) is 0.514. The number of H-pyrrole nitrogens is 1. The summed E-state index contributed by atoms with van der Waals surface area (Å²) in [4.78, 5) is 7.79. The Morgan fingerprint density at radius 2 is 1.81 bits per heavy atom. The Labute approximate surface area is 147 Å². The predicted octanol–water partition coefficient (Wildman–Crippen LogP) is 6.07. The Balaban J connectivity index is 2.25. The van der Waals surface area contributed by atoms with Gasteiger partial charge < -0.3 is 9.72 Å². The summed E-state index contributed by atoms with van der Waals surface area (Å²) in [5, 5.41) is 0.964. The number of benzene rings is 2. The Morgan fingerprint density at radius 1 is 1.10 bits per heavy atom. The zero-order valence-corrected chi connectivity index (χ0v) is 15.4. The summed E-state index contributed by atoms with van der Waals surface area (Å²) in [5.74, 6) is 1.39. The third kappa shape index (κ3) is 2.80. The molecule has 0 fully saturated rings. The first-order valence-electron chi connectivity index (χ1n) is 5.87. The maximum Gasteiger partial charge on any atom is 0.144 e. The summed E-state index contributed by atoms with van der Waals surface area (Å²) in [6.07, 6.45) is 0. The van der Waals surface area contributed by atoms with Crippen LogP contribution in [-0.4, -0.2) is 17.1 Å². The van der Waals surface area contributed by atoms with Crippen molar-refractivity contribution >= 4 is 66.1 Å². The zero-order chi connectivity index (χ0) is 15.1. The molecule has 3 nitrogen and oxygen atoms in total. The number of hydrogen-bond donors (Lipinski definition) is 1. The van der Waals surface area contributed by atoms with E-state index >= 15 is 0 Å². The normalized spacial score (nSPS) is 11.1. The lowest BCUT2D eigenvalue weighted by molar-refractivity contribution is 0.413. The SMILES string of the molecule is COc1c(Br)cc(Br)cc1-c1nc2cc(Cl)c(Cl)cc2[nH]1. The van der Waals surface area contributed by atoms with Gasteiger partial charge in [-0.15, -0.1) is 0 Å². The number of imidazole rings is 1. The highest BCUT2D eigenvalue weighted by Gasteiger charge is 2.15. The van der Waals surface area contributed by atoms with Gasteiger partial charge in [0.05, 0.1) is 38.2 Å². The van der Waals surface area contributed by atoms with E-state index in [4.69, 9.17) is 27.9 Å². The van der Waals surface area contributed by atoms with Gasteiger partial charge in [0.1, 0.15) is 11.6 Å². The molecular formula is C14H8Br2Cl2N2O. The maximum atomic E-state index is 6.03. The minimum atomic E-state index is 0.476. The number of aromatic amines is 1. The van der Waals surface area contributed by atoms with Crippen LogP contribution >= 0.6 is 55.1 Å². The van der Waals surface area contributed by atoms with Gasteiger partial charge in [0.2, 0.25) is 0 Å². The van der Waals surface area contributed by atoms with Crippen molar-refractivity contribution in [1.29, 1.82) is 0 Å².